The van der Waals surface area contributed by atoms with Crippen molar-refractivity contribution >= 4 is 5.91 Å². The maximum Gasteiger partial charge on any atom is 0.246 e. The molecule has 7 nitrogen and oxygen atoms in total. The molecule has 0 radical (unpaired) electrons. The predicted octanol–water partition coefficient (Wildman–Crippen LogP) is 1.54. The molecule has 1 aliphatic rings. The molecule has 7 heteroatoms. The van der Waals surface area contributed by atoms with Crippen molar-refractivity contribution in [3.63, 3.8) is 0 Å². The third-order valence-electron chi connectivity index (χ3n) is 4.47. The standard InChI is InChI=1S/C17H20N6O/c1-13-8-15-11-22(6-7-23(15)20-13)17(24)16(21-4-2-3-5-21)9-14-10-18-12-19-14/h2-5,8,10,12,16H,6-7,9,11H2,1H3,(H,18,19)/t16-/m1/s1. The zero-order valence-corrected chi connectivity index (χ0v) is 13.6. The van der Waals surface area contributed by atoms with Crippen molar-refractivity contribution in [3.05, 3.63) is 60.2 Å². The van der Waals surface area contributed by atoms with E-state index < -0.39 is 0 Å². The van der Waals surface area contributed by atoms with Gasteiger partial charge in [0.15, 0.2) is 0 Å². The van der Waals surface area contributed by atoms with Gasteiger partial charge >= 0.3 is 0 Å². The lowest BCUT2D eigenvalue weighted by Gasteiger charge is -2.31. The third-order valence-corrected chi connectivity index (χ3v) is 4.47. The summed E-state index contributed by atoms with van der Waals surface area (Å²) < 4.78 is 3.97. The Balaban J connectivity index is 1.57. The van der Waals surface area contributed by atoms with Gasteiger partial charge in [0.2, 0.25) is 5.91 Å². The molecule has 3 aromatic rings. The molecule has 0 unspecified atom stereocenters. The molecule has 0 saturated heterocycles. The number of aromatic amines is 1. The number of carbonyl (C=O) groups excluding carboxylic acids is 1. The number of H-pyrrole nitrogens is 1. The van der Waals surface area contributed by atoms with Crippen molar-refractivity contribution in [3.8, 4) is 0 Å². The summed E-state index contributed by atoms with van der Waals surface area (Å²) in [6, 6.07) is 5.68. The minimum atomic E-state index is -0.268. The quantitative estimate of drug-likeness (QED) is 0.791. The Labute approximate surface area is 139 Å². The number of nitrogens with one attached hydrogen (secondary N) is 1. The highest BCUT2D eigenvalue weighted by molar-refractivity contribution is 5.81. The van der Waals surface area contributed by atoms with Gasteiger partial charge in [-0.2, -0.15) is 5.10 Å². The molecule has 0 aromatic carbocycles. The average molecular weight is 324 g/mol. The van der Waals surface area contributed by atoms with Gasteiger partial charge in [-0.15, -0.1) is 0 Å². The molecule has 0 spiro atoms. The van der Waals surface area contributed by atoms with E-state index in [2.05, 4.69) is 21.1 Å². The number of hydrogen-bond donors (Lipinski definition) is 1. The predicted molar refractivity (Wildman–Crippen MR) is 88.1 cm³/mol. The van der Waals surface area contributed by atoms with Crippen molar-refractivity contribution in [2.24, 2.45) is 0 Å². The zero-order chi connectivity index (χ0) is 16.5. The largest absolute Gasteiger partial charge is 0.348 e. The van der Waals surface area contributed by atoms with Gasteiger partial charge in [0.1, 0.15) is 6.04 Å². The number of aromatic nitrogens is 5. The van der Waals surface area contributed by atoms with Crippen LogP contribution in [0.5, 0.6) is 0 Å². The van der Waals surface area contributed by atoms with Crippen LogP contribution in [-0.4, -0.2) is 41.7 Å². The molecule has 0 aliphatic carbocycles. The van der Waals surface area contributed by atoms with Crippen LogP contribution in [0.3, 0.4) is 0 Å². The van der Waals surface area contributed by atoms with E-state index in [-0.39, 0.29) is 11.9 Å². The van der Waals surface area contributed by atoms with Gasteiger partial charge in [0.25, 0.3) is 0 Å². The summed E-state index contributed by atoms with van der Waals surface area (Å²) in [6.07, 6.45) is 7.91. The number of rotatable bonds is 4. The highest BCUT2D eigenvalue weighted by atomic mass is 16.2. The van der Waals surface area contributed by atoms with Gasteiger partial charge in [0.05, 0.1) is 30.8 Å². The van der Waals surface area contributed by atoms with E-state index in [0.29, 0.717) is 19.5 Å². The van der Waals surface area contributed by atoms with Crippen molar-refractivity contribution in [1.82, 2.24) is 29.2 Å². The summed E-state index contributed by atoms with van der Waals surface area (Å²) in [6.45, 7) is 4.03. The smallest absolute Gasteiger partial charge is 0.246 e. The Morgan fingerprint density at radius 3 is 2.92 bits per heavy atom. The van der Waals surface area contributed by atoms with Crippen LogP contribution in [-0.2, 0) is 24.3 Å². The van der Waals surface area contributed by atoms with Gasteiger partial charge in [-0.3, -0.25) is 9.48 Å². The van der Waals surface area contributed by atoms with Gasteiger partial charge < -0.3 is 14.5 Å². The molecular weight excluding hydrogens is 304 g/mol. The first-order valence-corrected chi connectivity index (χ1v) is 8.12. The first-order valence-electron chi connectivity index (χ1n) is 8.12. The van der Waals surface area contributed by atoms with Crippen LogP contribution in [0.1, 0.15) is 23.1 Å². The number of carbonyl (C=O) groups is 1. The van der Waals surface area contributed by atoms with Gasteiger partial charge in [-0.25, -0.2) is 4.98 Å². The van der Waals surface area contributed by atoms with E-state index >= 15 is 0 Å². The van der Waals surface area contributed by atoms with E-state index in [4.69, 9.17) is 0 Å². The molecule has 0 bridgehead atoms. The average Bonchev–Trinajstić information content (AvgIpc) is 3.31. The monoisotopic (exact) mass is 324 g/mol. The number of aryl methyl sites for hydroxylation is 1. The molecule has 1 amide bonds. The summed E-state index contributed by atoms with van der Waals surface area (Å²) in [7, 11) is 0. The number of fused-ring (bicyclic) bond motifs is 1. The highest BCUT2D eigenvalue weighted by Gasteiger charge is 2.29. The van der Waals surface area contributed by atoms with Crippen LogP contribution in [0.2, 0.25) is 0 Å². The van der Waals surface area contributed by atoms with E-state index in [1.807, 2.05) is 45.6 Å². The Hall–Kier alpha value is -2.83. The summed E-state index contributed by atoms with van der Waals surface area (Å²) in [4.78, 5) is 22.3. The molecule has 3 aromatic heterocycles. The molecule has 1 N–H and O–H groups in total. The second-order valence-corrected chi connectivity index (χ2v) is 6.19. The summed E-state index contributed by atoms with van der Waals surface area (Å²) >= 11 is 0. The van der Waals surface area contributed by atoms with Gasteiger partial charge in [-0.1, -0.05) is 0 Å². The van der Waals surface area contributed by atoms with Crippen molar-refractivity contribution < 1.29 is 4.79 Å². The maximum atomic E-state index is 13.2. The Morgan fingerprint density at radius 1 is 1.33 bits per heavy atom. The fraction of sp³-hybridized carbons (Fsp3) is 0.353. The van der Waals surface area contributed by atoms with Gasteiger partial charge in [-0.05, 0) is 25.1 Å². The van der Waals surface area contributed by atoms with Crippen LogP contribution in [0, 0.1) is 6.92 Å². The van der Waals surface area contributed by atoms with Gasteiger partial charge in [0, 0.05) is 37.3 Å². The normalized spacial score (nSPS) is 15.3. The topological polar surface area (TPSA) is 71.7 Å². The van der Waals surface area contributed by atoms with Crippen LogP contribution >= 0.6 is 0 Å². The lowest BCUT2D eigenvalue weighted by molar-refractivity contribution is -0.136. The molecule has 124 valence electrons. The number of hydrogen-bond acceptors (Lipinski definition) is 3. The lowest BCUT2D eigenvalue weighted by Crippen LogP contribution is -2.42. The fourth-order valence-corrected chi connectivity index (χ4v) is 3.29. The molecule has 24 heavy (non-hydrogen) atoms. The second kappa shape index (κ2) is 5.99. The van der Waals surface area contributed by atoms with E-state index in [1.54, 1.807) is 12.5 Å². The van der Waals surface area contributed by atoms with Crippen LogP contribution in [0.15, 0.2) is 43.1 Å². The summed E-state index contributed by atoms with van der Waals surface area (Å²) in [5, 5.41) is 4.46. The lowest BCUT2D eigenvalue weighted by atomic mass is 10.1. The molecule has 4 heterocycles. The zero-order valence-electron chi connectivity index (χ0n) is 13.6. The Kier molecular flexibility index (Phi) is 3.68. The number of nitrogens with zero attached hydrogens (tertiary/aromatic N) is 5. The van der Waals surface area contributed by atoms with Crippen LogP contribution in [0.25, 0.3) is 0 Å². The molecule has 0 fully saturated rings. The number of imidazole rings is 1. The van der Waals surface area contributed by atoms with E-state index in [9.17, 15) is 4.79 Å². The first-order chi connectivity index (χ1) is 11.7. The summed E-state index contributed by atoms with van der Waals surface area (Å²) in [5.41, 5.74) is 3.05. The first kappa shape index (κ1) is 14.7. The van der Waals surface area contributed by atoms with Crippen molar-refractivity contribution in [2.45, 2.75) is 32.5 Å². The molecule has 1 aliphatic heterocycles. The SMILES string of the molecule is Cc1cc2n(n1)CCN(C(=O)[C@@H](Cc1cnc[nH]1)n1cccc1)C2. The minimum absolute atomic E-state index is 0.130. The Morgan fingerprint density at radius 2 is 2.17 bits per heavy atom. The Bertz CT molecular complexity index is 818. The fourth-order valence-electron chi connectivity index (χ4n) is 3.29. The minimum Gasteiger partial charge on any atom is -0.348 e. The molecular formula is C17H20N6O. The van der Waals surface area contributed by atoms with Crippen molar-refractivity contribution in [1.29, 1.82) is 0 Å². The van der Waals surface area contributed by atoms with Crippen LogP contribution in [0.4, 0.5) is 0 Å². The third kappa shape index (κ3) is 2.73. The maximum absolute atomic E-state index is 13.2. The number of amides is 1. The molecule has 4 rings (SSSR count). The van der Waals surface area contributed by atoms with E-state index in [1.165, 1.54) is 0 Å². The molecule has 0 saturated carbocycles. The van der Waals surface area contributed by atoms with Crippen LogP contribution < -0.4 is 0 Å². The second-order valence-electron chi connectivity index (χ2n) is 6.19. The summed E-state index contributed by atoms with van der Waals surface area (Å²) in [5.74, 6) is 0.130. The van der Waals surface area contributed by atoms with E-state index in [0.717, 1.165) is 23.6 Å². The highest BCUT2D eigenvalue weighted by Crippen LogP contribution is 2.21. The molecule has 1 atom stereocenters. The van der Waals surface area contributed by atoms with Crippen molar-refractivity contribution in [2.75, 3.05) is 6.54 Å².